The second-order valence-electron chi connectivity index (χ2n) is 5.14. The van der Waals surface area contributed by atoms with Gasteiger partial charge in [0.2, 0.25) is 5.91 Å². The van der Waals surface area contributed by atoms with Crippen LogP contribution in [0, 0.1) is 5.92 Å². The van der Waals surface area contributed by atoms with Crippen LogP contribution in [0.25, 0.3) is 0 Å². The van der Waals surface area contributed by atoms with Crippen molar-refractivity contribution in [1.82, 2.24) is 4.90 Å². The smallest absolute Gasteiger partial charge is 0.416 e. The molecule has 0 saturated carbocycles. The Morgan fingerprint density at radius 1 is 1.52 bits per heavy atom. The Balaban J connectivity index is 2.13. The zero-order chi connectivity index (χ0) is 15.4. The molecule has 0 radical (unpaired) electrons. The summed E-state index contributed by atoms with van der Waals surface area (Å²) in [5, 5.41) is 9.70. The summed E-state index contributed by atoms with van der Waals surface area (Å²) < 4.78 is 4.99. The van der Waals surface area contributed by atoms with E-state index in [9.17, 15) is 14.7 Å². The molecule has 0 aliphatic carbocycles. The summed E-state index contributed by atoms with van der Waals surface area (Å²) in [5.41, 5.74) is 1.02. The molecule has 1 heterocycles. The molecule has 5 heteroatoms. The van der Waals surface area contributed by atoms with Crippen molar-refractivity contribution in [2.75, 3.05) is 6.61 Å². The SMILES string of the molecule is C=C[C@@H](O)[C@@H](C)C(=O)N1C(=O)OC[C@@H]1Cc1ccccc1. The quantitative estimate of drug-likeness (QED) is 0.839. The van der Waals surface area contributed by atoms with Gasteiger partial charge in [0.15, 0.2) is 0 Å². The van der Waals surface area contributed by atoms with Crippen LogP contribution in [0.4, 0.5) is 4.79 Å². The van der Waals surface area contributed by atoms with E-state index >= 15 is 0 Å². The van der Waals surface area contributed by atoms with Crippen LogP contribution in [0.5, 0.6) is 0 Å². The lowest BCUT2D eigenvalue weighted by atomic mass is 10.0. The van der Waals surface area contributed by atoms with Crippen molar-refractivity contribution in [2.24, 2.45) is 5.92 Å². The number of hydrogen-bond acceptors (Lipinski definition) is 4. The summed E-state index contributed by atoms with van der Waals surface area (Å²) in [5.74, 6) is -1.17. The van der Waals surface area contributed by atoms with Gasteiger partial charge in [0, 0.05) is 0 Å². The van der Waals surface area contributed by atoms with Gasteiger partial charge in [-0.3, -0.25) is 4.79 Å². The van der Waals surface area contributed by atoms with Gasteiger partial charge in [-0.15, -0.1) is 6.58 Å². The third kappa shape index (κ3) is 3.31. The summed E-state index contributed by atoms with van der Waals surface area (Å²) >= 11 is 0. The van der Waals surface area contributed by atoms with Crippen molar-refractivity contribution in [3.05, 3.63) is 48.6 Å². The van der Waals surface area contributed by atoms with Crippen LogP contribution in [-0.2, 0) is 16.0 Å². The van der Waals surface area contributed by atoms with E-state index in [4.69, 9.17) is 4.74 Å². The number of aliphatic hydroxyl groups excluding tert-OH is 1. The molecule has 5 nitrogen and oxygen atoms in total. The first-order valence-electron chi connectivity index (χ1n) is 6.89. The van der Waals surface area contributed by atoms with Crippen molar-refractivity contribution in [3.8, 4) is 0 Å². The zero-order valence-corrected chi connectivity index (χ0v) is 11.9. The molecule has 0 spiro atoms. The predicted octanol–water partition coefficient (Wildman–Crippen LogP) is 1.76. The van der Waals surface area contributed by atoms with E-state index in [-0.39, 0.29) is 12.6 Å². The van der Waals surface area contributed by atoms with E-state index in [1.54, 1.807) is 6.92 Å². The highest BCUT2D eigenvalue weighted by Crippen LogP contribution is 2.21. The van der Waals surface area contributed by atoms with Gasteiger partial charge in [-0.2, -0.15) is 0 Å². The van der Waals surface area contributed by atoms with Crippen molar-refractivity contribution in [3.63, 3.8) is 0 Å². The third-order valence-electron chi connectivity index (χ3n) is 3.66. The summed E-state index contributed by atoms with van der Waals surface area (Å²) in [4.78, 5) is 25.3. The average molecular weight is 289 g/mol. The fraction of sp³-hybridized carbons (Fsp3) is 0.375. The number of carbonyl (C=O) groups is 2. The Bertz CT molecular complexity index is 528. The Labute approximate surface area is 123 Å². The van der Waals surface area contributed by atoms with E-state index < -0.39 is 24.0 Å². The fourth-order valence-corrected chi connectivity index (χ4v) is 2.34. The highest BCUT2D eigenvalue weighted by molar-refractivity contribution is 5.95. The second kappa shape index (κ2) is 6.54. The van der Waals surface area contributed by atoms with E-state index in [0.717, 1.165) is 10.5 Å². The van der Waals surface area contributed by atoms with Crippen LogP contribution >= 0.6 is 0 Å². The first-order valence-corrected chi connectivity index (χ1v) is 6.89. The number of amides is 2. The molecule has 112 valence electrons. The van der Waals surface area contributed by atoms with Crippen molar-refractivity contribution in [2.45, 2.75) is 25.5 Å². The van der Waals surface area contributed by atoms with Crippen molar-refractivity contribution < 1.29 is 19.4 Å². The highest BCUT2D eigenvalue weighted by Gasteiger charge is 2.40. The standard InChI is InChI=1S/C16H19NO4/c1-3-14(18)11(2)15(19)17-13(10-21-16(17)20)9-12-7-5-4-6-8-12/h3-8,11,13-14,18H,1,9-10H2,2H3/t11-,13+,14-/m1/s1. The first-order chi connectivity index (χ1) is 10.0. The molecular weight excluding hydrogens is 270 g/mol. The molecule has 3 atom stereocenters. The summed E-state index contributed by atoms with van der Waals surface area (Å²) in [6.07, 6.45) is 0.193. The number of cyclic esters (lactones) is 1. The Hall–Kier alpha value is -2.14. The maximum Gasteiger partial charge on any atom is 0.416 e. The molecule has 2 rings (SSSR count). The number of nitrogens with zero attached hydrogens (tertiary/aromatic N) is 1. The van der Waals surface area contributed by atoms with Crippen LogP contribution in [-0.4, -0.2) is 40.8 Å². The molecule has 1 N–H and O–H groups in total. The molecule has 0 unspecified atom stereocenters. The third-order valence-corrected chi connectivity index (χ3v) is 3.66. The van der Waals surface area contributed by atoms with Gasteiger partial charge in [-0.05, 0) is 12.0 Å². The molecule has 2 amide bonds. The largest absolute Gasteiger partial charge is 0.447 e. The number of rotatable bonds is 5. The first kappa shape index (κ1) is 15.3. The molecule has 0 aromatic heterocycles. The average Bonchev–Trinajstić information content (AvgIpc) is 2.86. The Kier molecular flexibility index (Phi) is 4.75. The van der Waals surface area contributed by atoms with Crippen LogP contribution in [0.15, 0.2) is 43.0 Å². The summed E-state index contributed by atoms with van der Waals surface area (Å²) in [7, 11) is 0. The van der Waals surface area contributed by atoms with E-state index in [2.05, 4.69) is 6.58 Å². The van der Waals surface area contributed by atoms with Crippen LogP contribution in [0.2, 0.25) is 0 Å². The summed E-state index contributed by atoms with van der Waals surface area (Å²) in [6.45, 7) is 5.21. The van der Waals surface area contributed by atoms with Crippen LogP contribution in [0.1, 0.15) is 12.5 Å². The normalized spacial score (nSPS) is 20.8. The van der Waals surface area contributed by atoms with Crippen molar-refractivity contribution >= 4 is 12.0 Å². The van der Waals surface area contributed by atoms with E-state index in [0.29, 0.717) is 6.42 Å². The lowest BCUT2D eigenvalue weighted by Gasteiger charge is -2.24. The molecule has 1 aromatic carbocycles. The zero-order valence-electron chi connectivity index (χ0n) is 11.9. The lowest BCUT2D eigenvalue weighted by molar-refractivity contribution is -0.135. The fourth-order valence-electron chi connectivity index (χ4n) is 2.34. The Morgan fingerprint density at radius 3 is 2.81 bits per heavy atom. The van der Waals surface area contributed by atoms with Gasteiger partial charge >= 0.3 is 6.09 Å². The number of imide groups is 1. The molecule has 1 aliphatic rings. The maximum absolute atomic E-state index is 12.4. The van der Waals surface area contributed by atoms with E-state index in [1.165, 1.54) is 6.08 Å². The van der Waals surface area contributed by atoms with Crippen molar-refractivity contribution in [1.29, 1.82) is 0 Å². The van der Waals surface area contributed by atoms with Gasteiger partial charge in [-0.1, -0.05) is 43.3 Å². The minimum Gasteiger partial charge on any atom is -0.447 e. The molecule has 1 fully saturated rings. The maximum atomic E-state index is 12.4. The molecule has 1 aromatic rings. The Morgan fingerprint density at radius 2 is 2.19 bits per heavy atom. The monoisotopic (exact) mass is 289 g/mol. The molecule has 1 aliphatic heterocycles. The van der Waals surface area contributed by atoms with Gasteiger partial charge in [0.25, 0.3) is 0 Å². The number of aliphatic hydroxyl groups is 1. The van der Waals surface area contributed by atoms with Gasteiger partial charge in [-0.25, -0.2) is 9.69 Å². The highest BCUT2D eigenvalue weighted by atomic mass is 16.6. The van der Waals surface area contributed by atoms with Gasteiger partial charge in [0.05, 0.1) is 18.1 Å². The van der Waals surface area contributed by atoms with Gasteiger partial charge < -0.3 is 9.84 Å². The van der Waals surface area contributed by atoms with Crippen LogP contribution in [0.3, 0.4) is 0 Å². The molecule has 0 bridgehead atoms. The van der Waals surface area contributed by atoms with Crippen LogP contribution < -0.4 is 0 Å². The molecule has 1 saturated heterocycles. The number of ether oxygens (including phenoxy) is 1. The second-order valence-corrected chi connectivity index (χ2v) is 5.14. The van der Waals surface area contributed by atoms with Gasteiger partial charge in [0.1, 0.15) is 6.61 Å². The topological polar surface area (TPSA) is 66.8 Å². The number of carbonyl (C=O) groups excluding carboxylic acids is 2. The number of benzene rings is 1. The minimum absolute atomic E-state index is 0.177. The molecule has 21 heavy (non-hydrogen) atoms. The molecular formula is C16H19NO4. The predicted molar refractivity (Wildman–Crippen MR) is 77.5 cm³/mol. The lowest BCUT2D eigenvalue weighted by Crippen LogP contribution is -2.45. The minimum atomic E-state index is -0.983. The van der Waals surface area contributed by atoms with E-state index in [1.807, 2.05) is 30.3 Å². The summed E-state index contributed by atoms with van der Waals surface area (Å²) in [6, 6.07) is 9.25. The number of hydrogen-bond donors (Lipinski definition) is 1.